The van der Waals surface area contributed by atoms with E-state index >= 15 is 0 Å². The monoisotopic (exact) mass is 271 g/mol. The molecule has 1 aromatic heterocycles. The van der Waals surface area contributed by atoms with E-state index in [0.29, 0.717) is 24.5 Å². The third-order valence-electron chi connectivity index (χ3n) is 3.64. The van der Waals surface area contributed by atoms with Crippen LogP contribution in [0.25, 0.3) is 0 Å². The number of rotatable bonds is 3. The first kappa shape index (κ1) is 12.9. The highest BCUT2D eigenvalue weighted by atomic mass is 16.5. The fourth-order valence-corrected chi connectivity index (χ4v) is 2.55. The molecule has 1 atom stereocenters. The van der Waals surface area contributed by atoms with E-state index in [1.807, 2.05) is 12.1 Å². The lowest BCUT2D eigenvalue weighted by Gasteiger charge is -2.26. The molecule has 2 aromatic rings. The molecule has 3 rings (SSSR count). The van der Waals surface area contributed by atoms with E-state index in [1.54, 1.807) is 13.0 Å². The minimum absolute atomic E-state index is 0.0730. The molecule has 20 heavy (non-hydrogen) atoms. The maximum atomic E-state index is 12.1. The Morgan fingerprint density at radius 3 is 3.00 bits per heavy atom. The van der Waals surface area contributed by atoms with Gasteiger partial charge in [0, 0.05) is 6.54 Å². The van der Waals surface area contributed by atoms with Crippen LogP contribution in [0.5, 0.6) is 0 Å². The summed E-state index contributed by atoms with van der Waals surface area (Å²) in [6, 6.07) is 9.90. The van der Waals surface area contributed by atoms with Gasteiger partial charge in [-0.05, 0) is 30.5 Å². The summed E-state index contributed by atoms with van der Waals surface area (Å²) < 4.78 is 10.9. The van der Waals surface area contributed by atoms with E-state index in [2.05, 4.69) is 17.4 Å². The van der Waals surface area contributed by atoms with Crippen molar-refractivity contribution in [1.29, 1.82) is 0 Å². The zero-order valence-electron chi connectivity index (χ0n) is 11.4. The highest BCUT2D eigenvalue weighted by Crippen LogP contribution is 2.26. The number of carbonyl (C=O) groups excluding carboxylic acids is 1. The molecule has 4 nitrogen and oxygen atoms in total. The van der Waals surface area contributed by atoms with E-state index in [4.69, 9.17) is 9.15 Å². The topological polar surface area (TPSA) is 51.5 Å². The molecule has 1 amide bonds. The van der Waals surface area contributed by atoms with Gasteiger partial charge in [0.2, 0.25) is 0 Å². The van der Waals surface area contributed by atoms with Gasteiger partial charge in [0.1, 0.15) is 11.9 Å². The Morgan fingerprint density at radius 2 is 2.20 bits per heavy atom. The van der Waals surface area contributed by atoms with E-state index in [9.17, 15) is 4.79 Å². The van der Waals surface area contributed by atoms with Crippen LogP contribution in [0.2, 0.25) is 0 Å². The number of furan rings is 1. The number of carbonyl (C=O) groups is 1. The summed E-state index contributed by atoms with van der Waals surface area (Å²) in [5.41, 5.74) is 3.05. The second kappa shape index (κ2) is 5.51. The molecule has 0 aliphatic carbocycles. The molecule has 2 heterocycles. The highest BCUT2D eigenvalue weighted by molar-refractivity contribution is 5.95. The SMILES string of the molecule is Cc1occc1C(=O)NC[C@H]1OCCc2ccccc21. The normalized spacial score (nSPS) is 17.6. The molecule has 0 fully saturated rings. The number of nitrogens with one attached hydrogen (secondary N) is 1. The second-order valence-corrected chi connectivity index (χ2v) is 4.91. The van der Waals surface area contributed by atoms with E-state index in [1.165, 1.54) is 17.4 Å². The molecule has 104 valence electrons. The summed E-state index contributed by atoms with van der Waals surface area (Å²) in [5.74, 6) is 0.510. The molecule has 1 N–H and O–H groups in total. The van der Waals surface area contributed by atoms with Gasteiger partial charge in [0.25, 0.3) is 5.91 Å². The molecular formula is C16H17NO3. The number of hydrogen-bond acceptors (Lipinski definition) is 3. The number of benzene rings is 1. The Kier molecular flexibility index (Phi) is 3.56. The molecule has 1 aliphatic heterocycles. The van der Waals surface area contributed by atoms with Gasteiger partial charge < -0.3 is 14.5 Å². The number of fused-ring (bicyclic) bond motifs is 1. The number of ether oxygens (including phenoxy) is 1. The number of aryl methyl sites for hydroxylation is 1. The third-order valence-corrected chi connectivity index (χ3v) is 3.64. The van der Waals surface area contributed by atoms with Crippen LogP contribution in [-0.2, 0) is 11.2 Å². The average Bonchev–Trinajstić information content (AvgIpc) is 2.91. The van der Waals surface area contributed by atoms with Crippen molar-refractivity contribution in [3.8, 4) is 0 Å². The van der Waals surface area contributed by atoms with Gasteiger partial charge in [-0.15, -0.1) is 0 Å². The Labute approximate surface area is 117 Å². The first-order valence-electron chi connectivity index (χ1n) is 6.77. The Bertz CT molecular complexity index is 618. The smallest absolute Gasteiger partial charge is 0.254 e. The van der Waals surface area contributed by atoms with E-state index in [0.717, 1.165) is 6.42 Å². The lowest BCUT2D eigenvalue weighted by Crippen LogP contribution is -2.31. The third kappa shape index (κ3) is 2.47. The van der Waals surface area contributed by atoms with Crippen molar-refractivity contribution in [3.63, 3.8) is 0 Å². The molecule has 1 aromatic carbocycles. The summed E-state index contributed by atoms with van der Waals surface area (Å²) >= 11 is 0. The maximum Gasteiger partial charge on any atom is 0.254 e. The molecular weight excluding hydrogens is 254 g/mol. The van der Waals surface area contributed by atoms with Crippen LogP contribution in [0, 0.1) is 6.92 Å². The average molecular weight is 271 g/mol. The Morgan fingerprint density at radius 1 is 1.35 bits per heavy atom. The predicted octanol–water partition coefficient (Wildman–Crippen LogP) is 2.63. The van der Waals surface area contributed by atoms with Crippen molar-refractivity contribution in [2.45, 2.75) is 19.4 Å². The van der Waals surface area contributed by atoms with Gasteiger partial charge in [-0.1, -0.05) is 24.3 Å². The van der Waals surface area contributed by atoms with Crippen LogP contribution in [0.1, 0.15) is 33.3 Å². The number of hydrogen-bond donors (Lipinski definition) is 1. The van der Waals surface area contributed by atoms with Crippen LogP contribution in [0.4, 0.5) is 0 Å². The largest absolute Gasteiger partial charge is 0.469 e. The molecule has 0 spiro atoms. The summed E-state index contributed by atoms with van der Waals surface area (Å²) in [5, 5.41) is 2.91. The van der Waals surface area contributed by atoms with E-state index < -0.39 is 0 Å². The van der Waals surface area contributed by atoms with Crippen LogP contribution >= 0.6 is 0 Å². The quantitative estimate of drug-likeness (QED) is 0.933. The molecule has 0 unspecified atom stereocenters. The van der Waals surface area contributed by atoms with Crippen LogP contribution in [0.3, 0.4) is 0 Å². The predicted molar refractivity (Wildman–Crippen MR) is 74.6 cm³/mol. The number of amides is 1. The molecule has 0 radical (unpaired) electrons. The zero-order chi connectivity index (χ0) is 13.9. The molecule has 0 saturated heterocycles. The van der Waals surface area contributed by atoms with Gasteiger partial charge >= 0.3 is 0 Å². The Balaban J connectivity index is 1.68. The summed E-state index contributed by atoms with van der Waals surface area (Å²) in [7, 11) is 0. The van der Waals surface area contributed by atoms with Gasteiger partial charge in [0.05, 0.1) is 18.4 Å². The van der Waals surface area contributed by atoms with Crippen LogP contribution in [-0.4, -0.2) is 19.1 Å². The maximum absolute atomic E-state index is 12.1. The molecule has 1 aliphatic rings. The fourth-order valence-electron chi connectivity index (χ4n) is 2.55. The lowest BCUT2D eigenvalue weighted by atomic mass is 9.97. The standard InChI is InChI=1S/C16H17NO3/c1-11-13(7-9-19-11)16(18)17-10-15-14-5-3-2-4-12(14)6-8-20-15/h2-5,7,9,15H,6,8,10H2,1H3,(H,17,18)/t15-/m1/s1. The first-order valence-corrected chi connectivity index (χ1v) is 6.77. The van der Waals surface area contributed by atoms with Crippen molar-refractivity contribution in [2.24, 2.45) is 0 Å². The van der Waals surface area contributed by atoms with Crippen molar-refractivity contribution in [1.82, 2.24) is 5.32 Å². The first-order chi connectivity index (χ1) is 9.75. The molecule has 0 saturated carbocycles. The minimum Gasteiger partial charge on any atom is -0.469 e. The van der Waals surface area contributed by atoms with Crippen molar-refractivity contribution >= 4 is 5.91 Å². The van der Waals surface area contributed by atoms with Gasteiger partial charge in [0.15, 0.2) is 0 Å². The summed E-state index contributed by atoms with van der Waals surface area (Å²) in [6.45, 7) is 2.95. The fraction of sp³-hybridized carbons (Fsp3) is 0.312. The van der Waals surface area contributed by atoms with Crippen LogP contribution < -0.4 is 5.32 Å². The molecule has 0 bridgehead atoms. The Hall–Kier alpha value is -2.07. The summed E-state index contributed by atoms with van der Waals surface area (Å²) in [4.78, 5) is 12.1. The van der Waals surface area contributed by atoms with Crippen molar-refractivity contribution in [3.05, 3.63) is 59.0 Å². The van der Waals surface area contributed by atoms with Gasteiger partial charge in [-0.25, -0.2) is 0 Å². The van der Waals surface area contributed by atoms with Crippen LogP contribution in [0.15, 0.2) is 41.0 Å². The summed E-state index contributed by atoms with van der Waals surface area (Å²) in [6.07, 6.45) is 2.38. The van der Waals surface area contributed by atoms with Gasteiger partial charge in [-0.2, -0.15) is 0 Å². The minimum atomic E-state index is -0.122. The van der Waals surface area contributed by atoms with Crippen molar-refractivity contribution < 1.29 is 13.9 Å². The van der Waals surface area contributed by atoms with E-state index in [-0.39, 0.29) is 12.0 Å². The molecule has 4 heteroatoms. The zero-order valence-corrected chi connectivity index (χ0v) is 11.4. The van der Waals surface area contributed by atoms with Crippen molar-refractivity contribution in [2.75, 3.05) is 13.2 Å². The highest BCUT2D eigenvalue weighted by Gasteiger charge is 2.21. The van der Waals surface area contributed by atoms with Gasteiger partial charge in [-0.3, -0.25) is 4.79 Å². The second-order valence-electron chi connectivity index (χ2n) is 4.91. The lowest BCUT2D eigenvalue weighted by molar-refractivity contribution is 0.0411.